The molecule has 5 heteroatoms. The van der Waals surface area contributed by atoms with Crippen molar-refractivity contribution in [1.82, 2.24) is 9.55 Å². The summed E-state index contributed by atoms with van der Waals surface area (Å²) in [6.45, 7) is 2.83. The second-order valence-electron chi connectivity index (χ2n) is 6.40. The first-order chi connectivity index (χ1) is 13.2. The zero-order valence-corrected chi connectivity index (χ0v) is 15.6. The smallest absolute Gasteiger partial charge is 0.155 e. The van der Waals surface area contributed by atoms with Crippen LogP contribution in [-0.4, -0.2) is 21.3 Å². The number of fused-ring (bicyclic) bond motifs is 1. The maximum absolute atomic E-state index is 10.7. The third-order valence-electron chi connectivity index (χ3n) is 4.50. The van der Waals surface area contributed by atoms with E-state index in [1.165, 1.54) is 0 Å². The molecule has 0 spiro atoms. The number of nitrogens with zero attached hydrogens (tertiary/aromatic N) is 3. The molecule has 0 saturated carbocycles. The molecule has 3 rings (SSSR count). The lowest BCUT2D eigenvalue weighted by Gasteiger charge is -2.08. The summed E-state index contributed by atoms with van der Waals surface area (Å²) >= 11 is 0. The molecule has 0 bridgehead atoms. The van der Waals surface area contributed by atoms with Gasteiger partial charge in [0.05, 0.1) is 17.6 Å². The number of hydrogen-bond acceptors (Lipinski definition) is 4. The fourth-order valence-corrected chi connectivity index (χ4v) is 2.97. The number of unbranched alkanes of at least 4 members (excludes halogenated alkanes) is 2. The van der Waals surface area contributed by atoms with E-state index in [9.17, 15) is 10.4 Å². The molecular weight excluding hydrogens is 338 g/mol. The SMILES string of the molecule is CCCCCOc1ccc(C(O)=C(C#N)c2nc3ccccc3n2C)cc1. The molecular formula is C22H23N3O2. The third kappa shape index (κ3) is 3.95. The van der Waals surface area contributed by atoms with Gasteiger partial charge in [0.25, 0.3) is 0 Å². The monoisotopic (exact) mass is 361 g/mol. The zero-order valence-electron chi connectivity index (χ0n) is 15.6. The van der Waals surface area contributed by atoms with Crippen LogP contribution in [0.1, 0.15) is 37.6 Å². The van der Waals surface area contributed by atoms with Gasteiger partial charge in [-0.05, 0) is 42.8 Å². The van der Waals surface area contributed by atoms with Gasteiger partial charge in [-0.15, -0.1) is 0 Å². The summed E-state index contributed by atoms with van der Waals surface area (Å²) in [4.78, 5) is 4.50. The van der Waals surface area contributed by atoms with E-state index in [1.54, 1.807) is 24.3 Å². The molecule has 1 N–H and O–H groups in total. The number of benzene rings is 2. The minimum absolute atomic E-state index is 0.0894. The fourth-order valence-electron chi connectivity index (χ4n) is 2.97. The predicted molar refractivity (Wildman–Crippen MR) is 107 cm³/mol. The topological polar surface area (TPSA) is 71.1 Å². The summed E-state index contributed by atoms with van der Waals surface area (Å²) in [6, 6.07) is 16.9. The maximum atomic E-state index is 10.7. The first-order valence-electron chi connectivity index (χ1n) is 9.14. The number of aryl methyl sites for hydroxylation is 1. The van der Waals surface area contributed by atoms with Crippen LogP contribution in [0.4, 0.5) is 0 Å². The molecule has 0 aliphatic rings. The van der Waals surface area contributed by atoms with Gasteiger partial charge in [0.1, 0.15) is 23.2 Å². The molecule has 0 radical (unpaired) electrons. The number of ether oxygens (including phenoxy) is 1. The van der Waals surface area contributed by atoms with Crippen LogP contribution in [0.15, 0.2) is 48.5 Å². The molecule has 27 heavy (non-hydrogen) atoms. The Balaban J connectivity index is 1.88. The summed E-state index contributed by atoms with van der Waals surface area (Å²) < 4.78 is 7.51. The van der Waals surface area contributed by atoms with E-state index < -0.39 is 0 Å². The second kappa shape index (κ2) is 8.41. The molecule has 0 aliphatic heterocycles. The van der Waals surface area contributed by atoms with E-state index >= 15 is 0 Å². The standard InChI is InChI=1S/C22H23N3O2/c1-3-4-7-14-27-17-12-10-16(11-13-17)21(26)18(15-23)22-24-19-8-5-6-9-20(19)25(22)2/h5-6,8-13,26H,3-4,7,14H2,1-2H3. The highest BCUT2D eigenvalue weighted by Crippen LogP contribution is 2.27. The molecule has 0 atom stereocenters. The van der Waals surface area contributed by atoms with Crippen molar-refractivity contribution in [3.8, 4) is 11.8 Å². The highest BCUT2D eigenvalue weighted by atomic mass is 16.5. The Labute approximate surface area is 159 Å². The van der Waals surface area contributed by atoms with Crippen molar-refractivity contribution in [1.29, 1.82) is 5.26 Å². The van der Waals surface area contributed by atoms with E-state index in [-0.39, 0.29) is 11.3 Å². The minimum Gasteiger partial charge on any atom is -0.506 e. The molecule has 1 aromatic heterocycles. The number of imidazole rings is 1. The molecule has 0 saturated heterocycles. The molecule has 0 unspecified atom stereocenters. The van der Waals surface area contributed by atoms with Gasteiger partial charge in [0.2, 0.25) is 0 Å². The average Bonchev–Trinajstić information content (AvgIpc) is 3.03. The van der Waals surface area contributed by atoms with E-state index in [1.807, 2.05) is 35.9 Å². The van der Waals surface area contributed by atoms with Gasteiger partial charge in [-0.2, -0.15) is 5.26 Å². The Morgan fingerprint density at radius 1 is 1.15 bits per heavy atom. The van der Waals surface area contributed by atoms with Crippen LogP contribution in [0.5, 0.6) is 5.75 Å². The normalized spacial score (nSPS) is 11.9. The lowest BCUT2D eigenvalue weighted by Crippen LogP contribution is -2.00. The van der Waals surface area contributed by atoms with Gasteiger partial charge in [-0.25, -0.2) is 4.98 Å². The van der Waals surface area contributed by atoms with Crippen LogP contribution in [0.2, 0.25) is 0 Å². The number of rotatable bonds is 7. The third-order valence-corrected chi connectivity index (χ3v) is 4.50. The summed E-state index contributed by atoms with van der Waals surface area (Å²) in [5.74, 6) is 1.11. The highest BCUT2D eigenvalue weighted by Gasteiger charge is 2.17. The van der Waals surface area contributed by atoms with Crippen molar-refractivity contribution in [2.45, 2.75) is 26.2 Å². The van der Waals surface area contributed by atoms with Crippen molar-refractivity contribution >= 4 is 22.4 Å². The number of nitriles is 1. The van der Waals surface area contributed by atoms with Gasteiger partial charge >= 0.3 is 0 Å². The summed E-state index contributed by atoms with van der Waals surface area (Å²) in [5.41, 5.74) is 2.39. The van der Waals surface area contributed by atoms with E-state index in [0.29, 0.717) is 18.0 Å². The molecule has 0 fully saturated rings. The number of aliphatic hydroxyl groups is 1. The van der Waals surface area contributed by atoms with Gasteiger partial charge < -0.3 is 14.4 Å². The molecule has 1 heterocycles. The zero-order chi connectivity index (χ0) is 19.2. The van der Waals surface area contributed by atoms with E-state index in [2.05, 4.69) is 18.0 Å². The van der Waals surface area contributed by atoms with Gasteiger partial charge in [-0.1, -0.05) is 31.9 Å². The van der Waals surface area contributed by atoms with E-state index in [0.717, 1.165) is 36.0 Å². The molecule has 5 nitrogen and oxygen atoms in total. The number of hydrogen-bond donors (Lipinski definition) is 1. The summed E-state index contributed by atoms with van der Waals surface area (Å²) in [7, 11) is 1.84. The summed E-state index contributed by atoms with van der Waals surface area (Å²) in [6.07, 6.45) is 3.32. The van der Waals surface area contributed by atoms with Crippen LogP contribution >= 0.6 is 0 Å². The molecule has 2 aromatic carbocycles. The van der Waals surface area contributed by atoms with Crippen molar-refractivity contribution in [3.05, 3.63) is 59.9 Å². The number of para-hydroxylation sites is 2. The minimum atomic E-state index is -0.0894. The molecule has 3 aromatic rings. The second-order valence-corrected chi connectivity index (χ2v) is 6.40. The summed E-state index contributed by atoms with van der Waals surface area (Å²) in [5, 5.41) is 20.3. The van der Waals surface area contributed by atoms with Gasteiger partial charge in [0.15, 0.2) is 5.82 Å². The Bertz CT molecular complexity index is 995. The Morgan fingerprint density at radius 2 is 1.89 bits per heavy atom. The van der Waals surface area contributed by atoms with Crippen molar-refractivity contribution in [2.24, 2.45) is 7.05 Å². The number of aliphatic hydroxyl groups excluding tert-OH is 1. The number of allylic oxidation sites excluding steroid dienone is 1. The first-order valence-corrected chi connectivity index (χ1v) is 9.14. The van der Waals surface area contributed by atoms with Crippen LogP contribution in [0.25, 0.3) is 22.4 Å². The highest BCUT2D eigenvalue weighted by molar-refractivity contribution is 5.94. The quantitative estimate of drug-likeness (QED) is 0.361. The van der Waals surface area contributed by atoms with Crippen molar-refractivity contribution in [3.63, 3.8) is 0 Å². The molecule has 0 aliphatic carbocycles. The Kier molecular flexibility index (Phi) is 5.77. The van der Waals surface area contributed by atoms with Gasteiger partial charge in [0, 0.05) is 12.6 Å². The molecule has 0 amide bonds. The lowest BCUT2D eigenvalue weighted by atomic mass is 10.1. The van der Waals surface area contributed by atoms with Crippen LogP contribution < -0.4 is 4.74 Å². The Morgan fingerprint density at radius 3 is 2.56 bits per heavy atom. The average molecular weight is 361 g/mol. The molecule has 138 valence electrons. The fraction of sp³-hybridized carbons (Fsp3) is 0.273. The van der Waals surface area contributed by atoms with Crippen molar-refractivity contribution < 1.29 is 9.84 Å². The van der Waals surface area contributed by atoms with Gasteiger partial charge in [-0.3, -0.25) is 0 Å². The number of aromatic nitrogens is 2. The van der Waals surface area contributed by atoms with Crippen LogP contribution in [0, 0.1) is 11.3 Å². The van der Waals surface area contributed by atoms with Crippen molar-refractivity contribution in [2.75, 3.05) is 6.61 Å². The van der Waals surface area contributed by atoms with E-state index in [4.69, 9.17) is 4.74 Å². The first kappa shape index (κ1) is 18.5. The van der Waals surface area contributed by atoms with Crippen LogP contribution in [0.3, 0.4) is 0 Å². The lowest BCUT2D eigenvalue weighted by molar-refractivity contribution is 0.306. The maximum Gasteiger partial charge on any atom is 0.155 e. The van der Waals surface area contributed by atoms with Crippen LogP contribution in [-0.2, 0) is 7.05 Å². The predicted octanol–water partition coefficient (Wildman–Crippen LogP) is 5.09. The Hall–Kier alpha value is -3.26. The largest absolute Gasteiger partial charge is 0.506 e.